The van der Waals surface area contributed by atoms with Crippen molar-refractivity contribution in [2.45, 2.75) is 20.3 Å². The van der Waals surface area contributed by atoms with Crippen LogP contribution in [-0.2, 0) is 0 Å². The first-order valence-electron chi connectivity index (χ1n) is 3.50. The van der Waals surface area contributed by atoms with E-state index < -0.39 is 0 Å². The van der Waals surface area contributed by atoms with Crippen LogP contribution in [0.4, 0.5) is 0 Å². The summed E-state index contributed by atoms with van der Waals surface area (Å²) in [6, 6.07) is 0. The SMILES string of the molecule is C/C=C/C1=CCC(C)[CH-]1. The summed E-state index contributed by atoms with van der Waals surface area (Å²) in [5, 5.41) is 0. The molecule has 1 unspecified atom stereocenters. The Morgan fingerprint density at radius 1 is 1.78 bits per heavy atom. The van der Waals surface area contributed by atoms with E-state index in [4.69, 9.17) is 0 Å². The van der Waals surface area contributed by atoms with Gasteiger partial charge in [-0.15, -0.1) is 6.08 Å². The summed E-state index contributed by atoms with van der Waals surface area (Å²) in [6.07, 6.45) is 10.0. The van der Waals surface area contributed by atoms with Gasteiger partial charge < -0.3 is 0 Å². The third-order valence-electron chi connectivity index (χ3n) is 1.56. The molecule has 0 N–H and O–H groups in total. The van der Waals surface area contributed by atoms with Gasteiger partial charge in [-0.1, -0.05) is 26.2 Å². The van der Waals surface area contributed by atoms with Crippen LogP contribution in [-0.4, -0.2) is 0 Å². The van der Waals surface area contributed by atoms with Crippen molar-refractivity contribution in [3.8, 4) is 0 Å². The van der Waals surface area contributed by atoms with E-state index in [1.54, 1.807) is 0 Å². The molecule has 0 bridgehead atoms. The molecular formula is C9H13-. The maximum atomic E-state index is 2.31. The van der Waals surface area contributed by atoms with Crippen LogP contribution >= 0.6 is 0 Å². The molecule has 0 saturated carbocycles. The summed E-state index contributed by atoms with van der Waals surface area (Å²) in [5.74, 6) is 0.760. The molecule has 0 aliphatic heterocycles. The molecule has 0 aromatic carbocycles. The zero-order chi connectivity index (χ0) is 6.69. The first-order chi connectivity index (χ1) is 4.33. The Morgan fingerprint density at radius 3 is 3.00 bits per heavy atom. The van der Waals surface area contributed by atoms with E-state index in [2.05, 4.69) is 38.5 Å². The van der Waals surface area contributed by atoms with Crippen LogP contribution in [0.25, 0.3) is 0 Å². The molecular weight excluding hydrogens is 108 g/mol. The van der Waals surface area contributed by atoms with E-state index in [-0.39, 0.29) is 0 Å². The summed E-state index contributed by atoms with van der Waals surface area (Å²) in [6.45, 7) is 4.30. The molecule has 0 nitrogen and oxygen atoms in total. The predicted octanol–water partition coefficient (Wildman–Crippen LogP) is 2.73. The number of rotatable bonds is 1. The highest BCUT2D eigenvalue weighted by Gasteiger charge is 1.99. The minimum atomic E-state index is 0.760. The van der Waals surface area contributed by atoms with E-state index in [0.29, 0.717) is 0 Å². The van der Waals surface area contributed by atoms with Crippen LogP contribution in [0, 0.1) is 12.3 Å². The predicted molar refractivity (Wildman–Crippen MR) is 41.0 cm³/mol. The average molecular weight is 121 g/mol. The maximum absolute atomic E-state index is 2.31. The zero-order valence-electron chi connectivity index (χ0n) is 6.09. The summed E-state index contributed by atoms with van der Waals surface area (Å²) >= 11 is 0. The van der Waals surface area contributed by atoms with Gasteiger partial charge in [-0.05, 0) is 0 Å². The van der Waals surface area contributed by atoms with Gasteiger partial charge in [-0.25, -0.2) is 0 Å². The van der Waals surface area contributed by atoms with Crippen molar-refractivity contribution >= 4 is 0 Å². The van der Waals surface area contributed by atoms with Crippen molar-refractivity contribution in [3.63, 3.8) is 0 Å². The average Bonchev–Trinajstić information content (AvgIpc) is 2.17. The Bertz CT molecular complexity index is 140. The molecule has 0 amide bonds. The Balaban J connectivity index is 2.45. The van der Waals surface area contributed by atoms with E-state index in [1.807, 2.05) is 0 Å². The van der Waals surface area contributed by atoms with Gasteiger partial charge in [-0.3, -0.25) is 0 Å². The van der Waals surface area contributed by atoms with E-state index >= 15 is 0 Å². The second kappa shape index (κ2) is 2.77. The minimum Gasteiger partial charge on any atom is -0.196 e. The van der Waals surface area contributed by atoms with Gasteiger partial charge in [0.05, 0.1) is 0 Å². The largest absolute Gasteiger partial charge is 0.196 e. The van der Waals surface area contributed by atoms with Crippen LogP contribution in [0.3, 0.4) is 0 Å². The summed E-state index contributed by atoms with van der Waals surface area (Å²) in [7, 11) is 0. The second-order valence-electron chi connectivity index (χ2n) is 2.58. The number of hydrogen-bond donors (Lipinski definition) is 0. The highest BCUT2D eigenvalue weighted by Crippen LogP contribution is 2.23. The van der Waals surface area contributed by atoms with Crippen LogP contribution in [0.5, 0.6) is 0 Å². The molecule has 0 heterocycles. The van der Waals surface area contributed by atoms with Crippen molar-refractivity contribution < 1.29 is 0 Å². The fourth-order valence-corrected chi connectivity index (χ4v) is 1.10. The lowest BCUT2D eigenvalue weighted by Gasteiger charge is -2.05. The van der Waals surface area contributed by atoms with Crippen molar-refractivity contribution in [1.29, 1.82) is 0 Å². The molecule has 1 aliphatic rings. The second-order valence-corrected chi connectivity index (χ2v) is 2.58. The van der Waals surface area contributed by atoms with E-state index in [1.165, 1.54) is 12.0 Å². The Morgan fingerprint density at radius 2 is 2.56 bits per heavy atom. The molecule has 0 fully saturated rings. The topological polar surface area (TPSA) is 0 Å². The van der Waals surface area contributed by atoms with E-state index in [0.717, 1.165) is 5.92 Å². The Kier molecular flexibility index (Phi) is 1.99. The third-order valence-corrected chi connectivity index (χ3v) is 1.56. The van der Waals surface area contributed by atoms with Crippen LogP contribution in [0.1, 0.15) is 20.3 Å². The molecule has 9 heavy (non-hydrogen) atoms. The van der Waals surface area contributed by atoms with E-state index in [9.17, 15) is 0 Å². The molecule has 50 valence electrons. The first-order valence-corrected chi connectivity index (χ1v) is 3.50. The van der Waals surface area contributed by atoms with Gasteiger partial charge in [0.2, 0.25) is 0 Å². The molecule has 1 aliphatic carbocycles. The maximum Gasteiger partial charge on any atom is -0.0581 e. The molecule has 0 heteroatoms. The number of hydrogen-bond acceptors (Lipinski definition) is 0. The van der Waals surface area contributed by atoms with Crippen LogP contribution in [0.2, 0.25) is 0 Å². The lowest BCUT2D eigenvalue weighted by atomic mass is 10.1. The van der Waals surface area contributed by atoms with Gasteiger partial charge >= 0.3 is 0 Å². The minimum absolute atomic E-state index is 0.760. The van der Waals surface area contributed by atoms with Crippen molar-refractivity contribution in [3.05, 3.63) is 30.2 Å². The molecule has 1 rings (SSSR count). The monoisotopic (exact) mass is 121 g/mol. The molecule has 0 spiro atoms. The lowest BCUT2D eigenvalue weighted by molar-refractivity contribution is 0.734. The van der Waals surface area contributed by atoms with Crippen molar-refractivity contribution in [2.24, 2.45) is 5.92 Å². The summed E-state index contributed by atoms with van der Waals surface area (Å²) in [5.41, 5.74) is 1.39. The Hall–Kier alpha value is -0.650. The molecule has 0 aromatic heterocycles. The quantitative estimate of drug-likeness (QED) is 0.468. The molecule has 0 radical (unpaired) electrons. The van der Waals surface area contributed by atoms with Gasteiger partial charge in [0.1, 0.15) is 0 Å². The van der Waals surface area contributed by atoms with Gasteiger partial charge in [0.25, 0.3) is 0 Å². The van der Waals surface area contributed by atoms with Crippen LogP contribution < -0.4 is 0 Å². The number of allylic oxidation sites excluding steroid dienone is 4. The summed E-state index contributed by atoms with van der Waals surface area (Å²) < 4.78 is 0. The van der Waals surface area contributed by atoms with Gasteiger partial charge in [-0.2, -0.15) is 24.1 Å². The normalized spacial score (nSPS) is 26.4. The molecule has 0 saturated heterocycles. The standard InChI is InChI=1S/C9H13/c1-3-4-9-6-5-8(2)7-9/h3-4,6-8H,5H2,1-2H3/q-1/b4-3+. The molecule has 1 atom stereocenters. The highest BCUT2D eigenvalue weighted by atomic mass is 14.1. The Labute approximate surface area is 57.3 Å². The fraction of sp³-hybridized carbons (Fsp3) is 0.444. The summed E-state index contributed by atoms with van der Waals surface area (Å²) in [4.78, 5) is 0. The van der Waals surface area contributed by atoms with Gasteiger partial charge in [0, 0.05) is 0 Å². The van der Waals surface area contributed by atoms with Crippen molar-refractivity contribution in [1.82, 2.24) is 0 Å². The first kappa shape index (κ1) is 6.47. The third kappa shape index (κ3) is 1.63. The smallest absolute Gasteiger partial charge is 0.0581 e. The highest BCUT2D eigenvalue weighted by molar-refractivity contribution is 5.31. The van der Waals surface area contributed by atoms with Crippen molar-refractivity contribution in [2.75, 3.05) is 0 Å². The lowest BCUT2D eigenvalue weighted by Crippen LogP contribution is -1.84. The molecule has 0 aromatic rings. The zero-order valence-corrected chi connectivity index (χ0v) is 6.09. The fourth-order valence-electron chi connectivity index (χ4n) is 1.10. The van der Waals surface area contributed by atoms with Gasteiger partial charge in [0.15, 0.2) is 0 Å². The van der Waals surface area contributed by atoms with Crippen LogP contribution in [0.15, 0.2) is 23.8 Å².